The summed E-state index contributed by atoms with van der Waals surface area (Å²) in [5.74, 6) is -0.493. The Morgan fingerprint density at radius 1 is 1.07 bits per heavy atom. The number of nitrogens with zero attached hydrogens (tertiary/aromatic N) is 1. The van der Waals surface area contributed by atoms with Gasteiger partial charge in [0.15, 0.2) is 0 Å². The standard InChI is InChI=1S/C24H29FN2O2/c1-15(2)19-9-7-10-20(16(3)4)23(19)26-24(29)18-12-22(28)27(14-18)13-17-8-5-6-11-21(17)25/h5-11,15-16,18H,12-14H2,1-4H3,(H,26,29). The van der Waals surface area contributed by atoms with Crippen LogP contribution in [-0.4, -0.2) is 23.3 Å². The predicted molar refractivity (Wildman–Crippen MR) is 113 cm³/mol. The van der Waals surface area contributed by atoms with Gasteiger partial charge in [0.05, 0.1) is 5.92 Å². The number of benzene rings is 2. The summed E-state index contributed by atoms with van der Waals surface area (Å²) in [5.41, 5.74) is 3.52. The zero-order chi connectivity index (χ0) is 21.1. The van der Waals surface area contributed by atoms with Crippen molar-refractivity contribution >= 4 is 17.5 Å². The number of carbonyl (C=O) groups is 2. The highest BCUT2D eigenvalue weighted by Crippen LogP contribution is 2.33. The average molecular weight is 397 g/mol. The van der Waals surface area contributed by atoms with E-state index < -0.39 is 5.92 Å². The maximum absolute atomic E-state index is 13.9. The molecule has 1 heterocycles. The Balaban J connectivity index is 1.76. The summed E-state index contributed by atoms with van der Waals surface area (Å²) in [5, 5.41) is 3.11. The molecule has 0 saturated carbocycles. The van der Waals surface area contributed by atoms with Crippen molar-refractivity contribution < 1.29 is 14.0 Å². The molecule has 0 spiro atoms. The molecular weight excluding hydrogens is 367 g/mol. The van der Waals surface area contributed by atoms with Gasteiger partial charge in [-0.25, -0.2) is 4.39 Å². The molecule has 1 unspecified atom stereocenters. The van der Waals surface area contributed by atoms with Gasteiger partial charge < -0.3 is 10.2 Å². The molecule has 0 aromatic heterocycles. The van der Waals surface area contributed by atoms with E-state index in [1.165, 1.54) is 6.07 Å². The molecule has 1 fully saturated rings. The van der Waals surface area contributed by atoms with Crippen molar-refractivity contribution in [3.05, 3.63) is 65.0 Å². The van der Waals surface area contributed by atoms with E-state index in [4.69, 9.17) is 0 Å². The first-order chi connectivity index (χ1) is 13.8. The molecule has 2 aromatic carbocycles. The fourth-order valence-corrected chi connectivity index (χ4v) is 3.85. The number of para-hydroxylation sites is 1. The number of hydrogen-bond acceptors (Lipinski definition) is 2. The first kappa shape index (κ1) is 21.0. The molecule has 1 aliphatic rings. The first-order valence-electron chi connectivity index (χ1n) is 10.2. The minimum atomic E-state index is -0.436. The second-order valence-corrected chi connectivity index (χ2v) is 8.38. The Morgan fingerprint density at radius 3 is 2.28 bits per heavy atom. The molecule has 1 atom stereocenters. The number of halogens is 1. The zero-order valence-corrected chi connectivity index (χ0v) is 17.5. The van der Waals surface area contributed by atoms with Gasteiger partial charge in [-0.3, -0.25) is 9.59 Å². The van der Waals surface area contributed by atoms with Crippen LogP contribution in [0.15, 0.2) is 42.5 Å². The molecule has 29 heavy (non-hydrogen) atoms. The van der Waals surface area contributed by atoms with Crippen molar-refractivity contribution in [1.29, 1.82) is 0 Å². The minimum Gasteiger partial charge on any atom is -0.337 e. The maximum Gasteiger partial charge on any atom is 0.229 e. The van der Waals surface area contributed by atoms with Crippen LogP contribution in [0, 0.1) is 11.7 Å². The lowest BCUT2D eigenvalue weighted by atomic mass is 9.92. The van der Waals surface area contributed by atoms with Crippen molar-refractivity contribution in [3.63, 3.8) is 0 Å². The molecule has 5 heteroatoms. The quantitative estimate of drug-likeness (QED) is 0.742. The molecule has 4 nitrogen and oxygen atoms in total. The summed E-state index contributed by atoms with van der Waals surface area (Å²) in [4.78, 5) is 27.0. The van der Waals surface area contributed by atoms with Crippen LogP contribution in [-0.2, 0) is 16.1 Å². The fourth-order valence-electron chi connectivity index (χ4n) is 3.85. The molecule has 1 aliphatic heterocycles. The third-order valence-electron chi connectivity index (χ3n) is 5.53. The number of amides is 2. The summed E-state index contributed by atoms with van der Waals surface area (Å²) in [7, 11) is 0. The molecule has 3 rings (SSSR count). The lowest BCUT2D eigenvalue weighted by Gasteiger charge is -2.22. The minimum absolute atomic E-state index is 0.116. The molecule has 0 aliphatic carbocycles. The van der Waals surface area contributed by atoms with E-state index in [9.17, 15) is 14.0 Å². The van der Waals surface area contributed by atoms with Gasteiger partial charge in [-0.1, -0.05) is 64.1 Å². The Hall–Kier alpha value is -2.69. The summed E-state index contributed by atoms with van der Waals surface area (Å²) in [6.45, 7) is 8.90. The summed E-state index contributed by atoms with van der Waals surface area (Å²) >= 11 is 0. The Morgan fingerprint density at radius 2 is 1.69 bits per heavy atom. The predicted octanol–water partition coefficient (Wildman–Crippen LogP) is 5.06. The van der Waals surface area contributed by atoms with Crippen molar-refractivity contribution in [2.24, 2.45) is 5.92 Å². The van der Waals surface area contributed by atoms with E-state index in [1.54, 1.807) is 23.1 Å². The molecular formula is C24H29FN2O2. The van der Waals surface area contributed by atoms with Gasteiger partial charge in [0.1, 0.15) is 5.82 Å². The van der Waals surface area contributed by atoms with Crippen LogP contribution >= 0.6 is 0 Å². The summed E-state index contributed by atoms with van der Waals surface area (Å²) in [6.07, 6.45) is 0.154. The molecule has 0 bridgehead atoms. The third kappa shape index (κ3) is 4.66. The molecule has 2 aromatic rings. The summed E-state index contributed by atoms with van der Waals surface area (Å²) in [6, 6.07) is 12.5. The van der Waals surface area contributed by atoms with Crippen molar-refractivity contribution in [2.75, 3.05) is 11.9 Å². The van der Waals surface area contributed by atoms with Gasteiger partial charge in [0.25, 0.3) is 0 Å². The normalized spacial score (nSPS) is 16.7. The van der Waals surface area contributed by atoms with E-state index in [-0.39, 0.29) is 42.4 Å². The highest BCUT2D eigenvalue weighted by molar-refractivity contribution is 5.98. The first-order valence-corrected chi connectivity index (χ1v) is 10.2. The smallest absolute Gasteiger partial charge is 0.229 e. The van der Waals surface area contributed by atoms with Crippen LogP contribution < -0.4 is 5.32 Å². The van der Waals surface area contributed by atoms with E-state index in [0.29, 0.717) is 12.1 Å². The topological polar surface area (TPSA) is 49.4 Å². The van der Waals surface area contributed by atoms with Crippen LogP contribution in [0.4, 0.5) is 10.1 Å². The number of carbonyl (C=O) groups excluding carboxylic acids is 2. The van der Waals surface area contributed by atoms with E-state index in [2.05, 4.69) is 33.0 Å². The second-order valence-electron chi connectivity index (χ2n) is 8.38. The van der Waals surface area contributed by atoms with Gasteiger partial charge >= 0.3 is 0 Å². The highest BCUT2D eigenvalue weighted by atomic mass is 19.1. The fraction of sp³-hybridized carbons (Fsp3) is 0.417. The van der Waals surface area contributed by atoms with Crippen LogP contribution in [0.3, 0.4) is 0 Å². The van der Waals surface area contributed by atoms with Crippen molar-refractivity contribution in [3.8, 4) is 0 Å². The van der Waals surface area contributed by atoms with Gasteiger partial charge in [0.2, 0.25) is 11.8 Å². The molecule has 1 saturated heterocycles. The van der Waals surface area contributed by atoms with Gasteiger partial charge in [-0.05, 0) is 29.0 Å². The second kappa shape index (κ2) is 8.76. The number of rotatable bonds is 6. The van der Waals surface area contributed by atoms with E-state index in [1.807, 2.05) is 18.2 Å². The van der Waals surface area contributed by atoms with Gasteiger partial charge in [-0.2, -0.15) is 0 Å². The zero-order valence-electron chi connectivity index (χ0n) is 17.5. The Kier molecular flexibility index (Phi) is 6.36. The SMILES string of the molecule is CC(C)c1cccc(C(C)C)c1NC(=O)C1CC(=O)N(Cc2ccccc2F)C1. The van der Waals surface area contributed by atoms with E-state index >= 15 is 0 Å². The Labute approximate surface area is 172 Å². The van der Waals surface area contributed by atoms with Crippen LogP contribution in [0.25, 0.3) is 0 Å². The molecule has 2 amide bonds. The molecule has 0 radical (unpaired) electrons. The molecule has 154 valence electrons. The largest absolute Gasteiger partial charge is 0.337 e. The number of hydrogen-bond donors (Lipinski definition) is 1. The molecule has 1 N–H and O–H groups in total. The maximum atomic E-state index is 13.9. The lowest BCUT2D eigenvalue weighted by molar-refractivity contribution is -0.128. The average Bonchev–Trinajstić information content (AvgIpc) is 3.04. The van der Waals surface area contributed by atoms with E-state index in [0.717, 1.165) is 16.8 Å². The number of likely N-dealkylation sites (tertiary alicyclic amines) is 1. The van der Waals surface area contributed by atoms with Gasteiger partial charge in [-0.15, -0.1) is 0 Å². The van der Waals surface area contributed by atoms with Crippen LogP contribution in [0.1, 0.15) is 62.6 Å². The number of anilines is 1. The third-order valence-corrected chi connectivity index (χ3v) is 5.53. The van der Waals surface area contributed by atoms with Crippen LogP contribution in [0.5, 0.6) is 0 Å². The van der Waals surface area contributed by atoms with Crippen molar-refractivity contribution in [1.82, 2.24) is 4.90 Å². The van der Waals surface area contributed by atoms with Crippen molar-refractivity contribution in [2.45, 2.75) is 52.5 Å². The monoisotopic (exact) mass is 396 g/mol. The highest BCUT2D eigenvalue weighted by Gasteiger charge is 2.35. The number of nitrogens with one attached hydrogen (secondary N) is 1. The van der Waals surface area contributed by atoms with Crippen LogP contribution in [0.2, 0.25) is 0 Å². The Bertz CT molecular complexity index is 881. The van der Waals surface area contributed by atoms with Gasteiger partial charge in [0, 0.05) is 30.8 Å². The lowest BCUT2D eigenvalue weighted by Crippen LogP contribution is -2.29. The summed E-state index contributed by atoms with van der Waals surface area (Å²) < 4.78 is 13.9.